The van der Waals surface area contributed by atoms with E-state index in [0.29, 0.717) is 0 Å². The molecule has 0 saturated carbocycles. The van der Waals surface area contributed by atoms with Crippen LogP contribution in [0.3, 0.4) is 0 Å². The Labute approximate surface area is 117 Å². The lowest BCUT2D eigenvalue weighted by atomic mass is 10.2. The Kier molecular flexibility index (Phi) is 3.92. The fraction of sp³-hybridized carbons (Fsp3) is 0.400. The number of hydrogen-bond acceptors (Lipinski definition) is 4. The summed E-state index contributed by atoms with van der Waals surface area (Å²) in [6, 6.07) is 10.4. The first-order valence-corrected chi connectivity index (χ1v) is 7.55. The highest BCUT2D eigenvalue weighted by molar-refractivity contribution is 7.09. The van der Waals surface area contributed by atoms with Crippen LogP contribution < -0.4 is 0 Å². The van der Waals surface area contributed by atoms with E-state index in [0.717, 1.165) is 38.2 Å². The second-order valence-corrected chi connectivity index (χ2v) is 6.02. The van der Waals surface area contributed by atoms with Crippen molar-refractivity contribution in [2.45, 2.75) is 25.5 Å². The van der Waals surface area contributed by atoms with Crippen molar-refractivity contribution in [1.29, 1.82) is 0 Å². The van der Waals surface area contributed by atoms with Crippen LogP contribution in [0.4, 0.5) is 0 Å². The van der Waals surface area contributed by atoms with Crippen LogP contribution in [0.1, 0.15) is 22.7 Å². The lowest BCUT2D eigenvalue weighted by molar-refractivity contribution is 0.174. The number of nitrogens with zero attached hydrogens (tertiary/aromatic N) is 2. The van der Waals surface area contributed by atoms with E-state index in [4.69, 9.17) is 0 Å². The van der Waals surface area contributed by atoms with Gasteiger partial charge < -0.3 is 5.11 Å². The summed E-state index contributed by atoms with van der Waals surface area (Å²) in [5.74, 6) is 0. The van der Waals surface area contributed by atoms with Gasteiger partial charge in [-0.25, -0.2) is 4.98 Å². The molecule has 1 aliphatic rings. The molecule has 3 nitrogen and oxygen atoms in total. The van der Waals surface area contributed by atoms with E-state index < -0.39 is 0 Å². The van der Waals surface area contributed by atoms with Crippen molar-refractivity contribution >= 4 is 11.3 Å². The molecule has 1 N–H and O–H groups in total. The molecule has 1 aliphatic heterocycles. The van der Waals surface area contributed by atoms with Gasteiger partial charge in [-0.15, -0.1) is 11.3 Å². The average Bonchev–Trinajstić information content (AvgIpc) is 3.01. The Morgan fingerprint density at radius 1 is 1.32 bits per heavy atom. The molecule has 0 radical (unpaired) electrons. The van der Waals surface area contributed by atoms with Gasteiger partial charge >= 0.3 is 0 Å². The number of benzene rings is 1. The number of rotatable bonds is 4. The minimum atomic E-state index is -0.151. The molecule has 1 atom stereocenters. The summed E-state index contributed by atoms with van der Waals surface area (Å²) in [7, 11) is 0. The predicted octanol–water partition coefficient (Wildman–Crippen LogP) is 2.30. The van der Waals surface area contributed by atoms with Gasteiger partial charge in [-0.05, 0) is 12.0 Å². The fourth-order valence-electron chi connectivity index (χ4n) is 2.46. The number of hydrogen-bond donors (Lipinski definition) is 1. The Hall–Kier alpha value is -1.23. The maximum atomic E-state index is 9.52. The molecule has 1 saturated heterocycles. The van der Waals surface area contributed by atoms with Crippen LogP contribution in [0.15, 0.2) is 35.7 Å². The first kappa shape index (κ1) is 12.8. The van der Waals surface area contributed by atoms with Gasteiger partial charge in [0.25, 0.3) is 0 Å². The number of likely N-dealkylation sites (tertiary alicyclic amines) is 1. The lowest BCUT2D eigenvalue weighted by Crippen LogP contribution is -2.21. The highest BCUT2D eigenvalue weighted by Gasteiger charge is 2.20. The van der Waals surface area contributed by atoms with E-state index in [-0.39, 0.29) is 6.10 Å². The van der Waals surface area contributed by atoms with Crippen molar-refractivity contribution in [3.63, 3.8) is 0 Å². The molecule has 1 aromatic carbocycles. The molecule has 0 amide bonds. The van der Waals surface area contributed by atoms with Crippen molar-refractivity contribution in [1.82, 2.24) is 9.88 Å². The molecule has 0 aliphatic carbocycles. The summed E-state index contributed by atoms with van der Waals surface area (Å²) < 4.78 is 0. The van der Waals surface area contributed by atoms with Gasteiger partial charge in [0.15, 0.2) is 0 Å². The SMILES string of the molecule is O[C@H]1CCN(Cc2csc(Cc3ccccc3)n2)C1. The van der Waals surface area contributed by atoms with Crippen molar-refractivity contribution in [2.75, 3.05) is 13.1 Å². The molecule has 0 unspecified atom stereocenters. The molecule has 4 heteroatoms. The first-order chi connectivity index (χ1) is 9.29. The van der Waals surface area contributed by atoms with Gasteiger partial charge in [0.1, 0.15) is 0 Å². The van der Waals surface area contributed by atoms with Crippen LogP contribution in [0.5, 0.6) is 0 Å². The van der Waals surface area contributed by atoms with E-state index in [9.17, 15) is 5.11 Å². The zero-order valence-electron chi connectivity index (χ0n) is 10.8. The quantitative estimate of drug-likeness (QED) is 0.929. The van der Waals surface area contributed by atoms with Gasteiger partial charge in [-0.2, -0.15) is 0 Å². The Morgan fingerprint density at radius 2 is 2.16 bits per heavy atom. The molecule has 19 heavy (non-hydrogen) atoms. The van der Waals surface area contributed by atoms with Crippen LogP contribution >= 0.6 is 11.3 Å². The smallest absolute Gasteiger partial charge is 0.0972 e. The second kappa shape index (κ2) is 5.82. The van der Waals surface area contributed by atoms with Gasteiger partial charge in [-0.3, -0.25) is 4.90 Å². The molecule has 2 heterocycles. The molecule has 3 rings (SSSR count). The van der Waals surface area contributed by atoms with Crippen molar-refractivity contribution in [3.05, 3.63) is 52.0 Å². The summed E-state index contributed by atoms with van der Waals surface area (Å²) in [6.07, 6.45) is 1.65. The first-order valence-electron chi connectivity index (χ1n) is 6.67. The molecule has 1 fully saturated rings. The van der Waals surface area contributed by atoms with Crippen LogP contribution in [0.25, 0.3) is 0 Å². The second-order valence-electron chi connectivity index (χ2n) is 5.07. The highest BCUT2D eigenvalue weighted by Crippen LogP contribution is 2.18. The van der Waals surface area contributed by atoms with E-state index in [1.807, 2.05) is 6.07 Å². The molecular formula is C15H18N2OS. The molecule has 1 aromatic heterocycles. The topological polar surface area (TPSA) is 36.4 Å². The summed E-state index contributed by atoms with van der Waals surface area (Å²) in [5, 5.41) is 12.8. The number of β-amino-alcohol motifs (C(OH)–C–C–N with tert-alkyl or cyclic N) is 1. The van der Waals surface area contributed by atoms with Crippen molar-refractivity contribution in [3.8, 4) is 0 Å². The number of aromatic nitrogens is 1. The molecule has 2 aromatic rings. The third kappa shape index (κ3) is 3.41. The number of aliphatic hydroxyl groups is 1. The van der Waals surface area contributed by atoms with E-state index >= 15 is 0 Å². The van der Waals surface area contributed by atoms with Crippen molar-refractivity contribution in [2.24, 2.45) is 0 Å². The fourth-order valence-corrected chi connectivity index (χ4v) is 3.28. The van der Waals surface area contributed by atoms with Gasteiger partial charge in [0, 0.05) is 31.4 Å². The summed E-state index contributed by atoms with van der Waals surface area (Å²) >= 11 is 1.73. The predicted molar refractivity (Wildman–Crippen MR) is 77.3 cm³/mol. The summed E-state index contributed by atoms with van der Waals surface area (Å²) in [5.41, 5.74) is 2.44. The standard InChI is InChI=1S/C15H18N2OS/c18-14-6-7-17(10-14)9-13-11-19-15(16-13)8-12-4-2-1-3-5-12/h1-5,11,14,18H,6-10H2/t14-/m0/s1. The van der Waals surface area contributed by atoms with E-state index in [1.54, 1.807) is 11.3 Å². The lowest BCUT2D eigenvalue weighted by Gasteiger charge is -2.12. The molecule has 0 spiro atoms. The zero-order valence-corrected chi connectivity index (χ0v) is 11.6. The normalized spacial score (nSPS) is 19.9. The molecule has 100 valence electrons. The Balaban J connectivity index is 1.60. The number of thiazole rings is 1. The summed E-state index contributed by atoms with van der Waals surface area (Å²) in [4.78, 5) is 6.96. The maximum absolute atomic E-state index is 9.52. The average molecular weight is 274 g/mol. The molecular weight excluding hydrogens is 256 g/mol. The minimum Gasteiger partial charge on any atom is -0.392 e. The largest absolute Gasteiger partial charge is 0.392 e. The molecule has 0 bridgehead atoms. The van der Waals surface area contributed by atoms with Gasteiger partial charge in [-0.1, -0.05) is 30.3 Å². The van der Waals surface area contributed by atoms with Crippen LogP contribution in [0.2, 0.25) is 0 Å². The third-order valence-corrected chi connectivity index (χ3v) is 4.33. The van der Waals surface area contributed by atoms with Crippen LogP contribution in [-0.2, 0) is 13.0 Å². The van der Waals surface area contributed by atoms with Crippen molar-refractivity contribution < 1.29 is 5.11 Å². The Morgan fingerprint density at radius 3 is 2.89 bits per heavy atom. The highest BCUT2D eigenvalue weighted by atomic mass is 32.1. The van der Waals surface area contributed by atoms with E-state index in [1.165, 1.54) is 10.6 Å². The Bertz CT molecular complexity index is 526. The van der Waals surface area contributed by atoms with Crippen LogP contribution in [-0.4, -0.2) is 34.2 Å². The zero-order chi connectivity index (χ0) is 13.1. The third-order valence-electron chi connectivity index (χ3n) is 3.43. The minimum absolute atomic E-state index is 0.151. The monoisotopic (exact) mass is 274 g/mol. The maximum Gasteiger partial charge on any atom is 0.0972 e. The van der Waals surface area contributed by atoms with Gasteiger partial charge in [0.05, 0.1) is 16.8 Å². The number of aliphatic hydroxyl groups excluding tert-OH is 1. The van der Waals surface area contributed by atoms with Crippen LogP contribution in [0, 0.1) is 0 Å². The van der Waals surface area contributed by atoms with Gasteiger partial charge in [0.2, 0.25) is 0 Å². The summed E-state index contributed by atoms with van der Waals surface area (Å²) in [6.45, 7) is 2.63. The van der Waals surface area contributed by atoms with E-state index in [2.05, 4.69) is 39.5 Å².